The molecule has 4 rings (SSSR count). The van der Waals surface area contributed by atoms with Gasteiger partial charge in [0.2, 0.25) is 11.1 Å². The minimum atomic E-state index is -0.413. The Morgan fingerprint density at radius 3 is 2.76 bits per heavy atom. The summed E-state index contributed by atoms with van der Waals surface area (Å²) in [5.41, 5.74) is 6.15. The number of thioether (sulfide) groups is 1. The van der Waals surface area contributed by atoms with E-state index < -0.39 is 5.25 Å². The van der Waals surface area contributed by atoms with Crippen LogP contribution in [0, 0.1) is 6.92 Å². The average Bonchev–Trinajstić information content (AvgIpc) is 3.13. The summed E-state index contributed by atoms with van der Waals surface area (Å²) in [5.74, 6) is 0.766. The lowest BCUT2D eigenvalue weighted by Gasteiger charge is -2.33. The number of aromatic nitrogens is 3. The highest BCUT2D eigenvalue weighted by Crippen LogP contribution is 2.37. The highest BCUT2D eigenvalue weighted by Gasteiger charge is 2.37. The maximum Gasteiger partial charge on any atom is 0.240 e. The first kappa shape index (κ1) is 19.8. The van der Waals surface area contributed by atoms with Gasteiger partial charge < -0.3 is 10.7 Å². The van der Waals surface area contributed by atoms with Crippen molar-refractivity contribution in [3.8, 4) is 0 Å². The lowest BCUT2D eigenvalue weighted by molar-refractivity contribution is -0.116. The Labute approximate surface area is 179 Å². The summed E-state index contributed by atoms with van der Waals surface area (Å²) >= 11 is 7.64. The van der Waals surface area contributed by atoms with E-state index in [0.29, 0.717) is 15.9 Å². The lowest BCUT2D eigenvalue weighted by atomic mass is 10.0. The second-order valence-electron chi connectivity index (χ2n) is 6.99. The summed E-state index contributed by atoms with van der Waals surface area (Å²) in [5, 5.41) is 12.5. The molecule has 1 amide bonds. The minimum Gasteiger partial charge on any atom is -0.325 e. The Kier molecular flexibility index (Phi) is 5.78. The maximum absolute atomic E-state index is 13.2. The van der Waals surface area contributed by atoms with Crippen molar-refractivity contribution in [1.82, 2.24) is 14.9 Å². The summed E-state index contributed by atoms with van der Waals surface area (Å²) in [4.78, 5) is 13.2. The number of nitrogens with zero attached hydrogens (tertiary/aromatic N) is 3. The number of fused-ring (bicyclic) bond motifs is 1. The Balaban J connectivity index is 1.65. The molecule has 0 bridgehead atoms. The quantitative estimate of drug-likeness (QED) is 0.623. The molecule has 0 fully saturated rings. The number of hydrogen-bond donors (Lipinski definition) is 2. The molecule has 8 heteroatoms. The zero-order valence-electron chi connectivity index (χ0n) is 16.2. The van der Waals surface area contributed by atoms with Crippen molar-refractivity contribution in [3.63, 3.8) is 0 Å². The maximum atomic E-state index is 13.2. The van der Waals surface area contributed by atoms with Gasteiger partial charge in [0.1, 0.15) is 5.25 Å². The normalized spacial score (nSPS) is 18.0. The number of amides is 1. The summed E-state index contributed by atoms with van der Waals surface area (Å²) in [6, 6.07) is 15.3. The number of carbonyl (C=O) groups is 1. The van der Waals surface area contributed by atoms with Crippen molar-refractivity contribution in [2.45, 2.75) is 43.1 Å². The molecular weight excluding hydrogens is 406 g/mol. The van der Waals surface area contributed by atoms with Gasteiger partial charge in [-0.3, -0.25) is 4.79 Å². The number of anilines is 1. The molecule has 1 aromatic heterocycles. The molecule has 0 saturated carbocycles. The SMILES string of the molecule is CCCc1nnc2n1N[C@H](c1ccccc1)[C@H](C(=O)Nc1ccc(C)c(Cl)c1)S2. The van der Waals surface area contributed by atoms with Crippen LogP contribution in [-0.4, -0.2) is 26.0 Å². The average molecular weight is 428 g/mol. The molecule has 0 radical (unpaired) electrons. The third-order valence-electron chi connectivity index (χ3n) is 4.83. The van der Waals surface area contributed by atoms with Gasteiger partial charge in [-0.05, 0) is 36.6 Å². The van der Waals surface area contributed by atoms with Crippen LogP contribution in [0.4, 0.5) is 5.69 Å². The van der Waals surface area contributed by atoms with E-state index in [9.17, 15) is 4.79 Å². The number of nitrogens with one attached hydrogen (secondary N) is 2. The molecule has 2 heterocycles. The molecule has 2 N–H and O–H groups in total. The Hall–Kier alpha value is -2.51. The van der Waals surface area contributed by atoms with Crippen molar-refractivity contribution in [2.75, 3.05) is 10.7 Å². The van der Waals surface area contributed by atoms with Crippen molar-refractivity contribution >= 4 is 35.0 Å². The van der Waals surface area contributed by atoms with Crippen LogP contribution in [0.15, 0.2) is 53.7 Å². The second kappa shape index (κ2) is 8.47. The Bertz CT molecular complexity index is 1020. The zero-order chi connectivity index (χ0) is 20.4. The first-order chi connectivity index (χ1) is 14.1. The van der Waals surface area contributed by atoms with Crippen LogP contribution in [-0.2, 0) is 11.2 Å². The van der Waals surface area contributed by atoms with E-state index in [-0.39, 0.29) is 11.9 Å². The Morgan fingerprint density at radius 1 is 1.24 bits per heavy atom. The van der Waals surface area contributed by atoms with Crippen LogP contribution >= 0.6 is 23.4 Å². The number of aryl methyl sites for hydroxylation is 2. The molecule has 1 aliphatic rings. The van der Waals surface area contributed by atoms with Gasteiger partial charge in [0.05, 0.1) is 6.04 Å². The predicted molar refractivity (Wildman–Crippen MR) is 117 cm³/mol. The van der Waals surface area contributed by atoms with E-state index in [4.69, 9.17) is 11.6 Å². The monoisotopic (exact) mass is 427 g/mol. The minimum absolute atomic E-state index is 0.109. The van der Waals surface area contributed by atoms with E-state index in [1.807, 2.05) is 54.1 Å². The third kappa shape index (κ3) is 4.11. The van der Waals surface area contributed by atoms with Gasteiger partial charge in [-0.15, -0.1) is 10.2 Å². The van der Waals surface area contributed by atoms with E-state index in [1.54, 1.807) is 6.07 Å². The Morgan fingerprint density at radius 2 is 2.03 bits per heavy atom. The van der Waals surface area contributed by atoms with Gasteiger partial charge in [0, 0.05) is 17.1 Å². The van der Waals surface area contributed by atoms with Gasteiger partial charge in [0.25, 0.3) is 0 Å². The summed E-state index contributed by atoms with van der Waals surface area (Å²) in [6.07, 6.45) is 1.79. The van der Waals surface area contributed by atoms with Crippen LogP contribution in [0.1, 0.15) is 36.3 Å². The number of benzene rings is 2. The van der Waals surface area contributed by atoms with Crippen molar-refractivity contribution in [3.05, 3.63) is 70.5 Å². The summed E-state index contributed by atoms with van der Waals surface area (Å²) < 4.78 is 1.92. The largest absolute Gasteiger partial charge is 0.325 e. The first-order valence-corrected chi connectivity index (χ1v) is 10.8. The van der Waals surface area contributed by atoms with E-state index in [0.717, 1.165) is 29.8 Å². The van der Waals surface area contributed by atoms with Crippen molar-refractivity contribution in [2.24, 2.45) is 0 Å². The van der Waals surface area contributed by atoms with Gasteiger partial charge in [0.15, 0.2) is 5.82 Å². The molecule has 0 saturated heterocycles. The number of hydrogen-bond acceptors (Lipinski definition) is 5. The molecule has 3 aromatic rings. The molecule has 2 aromatic carbocycles. The first-order valence-electron chi connectivity index (χ1n) is 9.56. The fourth-order valence-electron chi connectivity index (χ4n) is 3.28. The molecule has 2 atom stereocenters. The second-order valence-corrected chi connectivity index (χ2v) is 8.51. The molecule has 0 spiro atoms. The van der Waals surface area contributed by atoms with Crippen molar-refractivity contribution < 1.29 is 4.79 Å². The molecule has 150 valence electrons. The molecule has 0 unspecified atom stereocenters. The van der Waals surface area contributed by atoms with Gasteiger partial charge in [-0.2, -0.15) is 0 Å². The summed E-state index contributed by atoms with van der Waals surface area (Å²) in [6.45, 7) is 4.04. The van der Waals surface area contributed by atoms with E-state index in [2.05, 4.69) is 27.9 Å². The highest BCUT2D eigenvalue weighted by molar-refractivity contribution is 8.00. The molecular formula is C21H22ClN5OS. The lowest BCUT2D eigenvalue weighted by Crippen LogP contribution is -2.41. The number of rotatable bonds is 5. The van der Waals surface area contributed by atoms with Crippen LogP contribution in [0.2, 0.25) is 5.02 Å². The van der Waals surface area contributed by atoms with Crippen LogP contribution in [0.5, 0.6) is 0 Å². The van der Waals surface area contributed by atoms with Gasteiger partial charge >= 0.3 is 0 Å². The standard InChI is InChI=1S/C21H22ClN5OS/c1-3-7-17-24-25-21-27(17)26-18(14-8-5-4-6-9-14)19(29-21)20(28)23-15-11-10-13(2)16(22)12-15/h4-6,8-12,18-19,26H,3,7H2,1-2H3,(H,23,28)/t18-,19-/m1/s1. The van der Waals surface area contributed by atoms with E-state index in [1.165, 1.54) is 11.8 Å². The summed E-state index contributed by atoms with van der Waals surface area (Å²) in [7, 11) is 0. The smallest absolute Gasteiger partial charge is 0.240 e. The molecule has 29 heavy (non-hydrogen) atoms. The zero-order valence-corrected chi connectivity index (χ0v) is 17.8. The van der Waals surface area contributed by atoms with Gasteiger partial charge in [-0.25, -0.2) is 4.68 Å². The van der Waals surface area contributed by atoms with Gasteiger partial charge in [-0.1, -0.05) is 66.7 Å². The number of carbonyl (C=O) groups excluding carboxylic acids is 1. The molecule has 1 aliphatic heterocycles. The van der Waals surface area contributed by atoms with E-state index >= 15 is 0 Å². The van der Waals surface area contributed by atoms with Crippen LogP contribution < -0.4 is 10.7 Å². The van der Waals surface area contributed by atoms with Crippen molar-refractivity contribution in [1.29, 1.82) is 0 Å². The highest BCUT2D eigenvalue weighted by atomic mass is 35.5. The predicted octanol–water partition coefficient (Wildman–Crippen LogP) is 4.59. The fraction of sp³-hybridized carbons (Fsp3) is 0.286. The van der Waals surface area contributed by atoms with Crippen LogP contribution in [0.3, 0.4) is 0 Å². The third-order valence-corrected chi connectivity index (χ3v) is 6.46. The topological polar surface area (TPSA) is 71.8 Å². The number of halogens is 1. The fourth-order valence-corrected chi connectivity index (χ4v) is 4.56. The molecule has 0 aliphatic carbocycles. The molecule has 6 nitrogen and oxygen atoms in total. The van der Waals surface area contributed by atoms with Crippen LogP contribution in [0.25, 0.3) is 0 Å².